The zero-order valence-corrected chi connectivity index (χ0v) is 26.2. The zero-order chi connectivity index (χ0) is 30.4. The van der Waals surface area contributed by atoms with Crippen molar-refractivity contribution >= 4 is 51.0 Å². The number of thiazole rings is 1. The van der Waals surface area contributed by atoms with Crippen molar-refractivity contribution < 1.29 is 26.7 Å². The fraction of sp³-hybridized carbons (Fsp3) is 0.267. The normalized spacial score (nSPS) is 14.8. The number of nitrogens with zero attached hydrogens (tertiary/aromatic N) is 2. The molecule has 1 amide bonds. The van der Waals surface area contributed by atoms with Crippen molar-refractivity contribution in [1.29, 1.82) is 0 Å². The van der Waals surface area contributed by atoms with Crippen molar-refractivity contribution in [2.24, 2.45) is 0 Å². The topological polar surface area (TPSA) is 113 Å². The van der Waals surface area contributed by atoms with Crippen LogP contribution < -0.4 is 20.1 Å². The van der Waals surface area contributed by atoms with E-state index in [2.05, 4.69) is 25.2 Å². The number of carbonyl (C=O) groups excluding carboxylic acids is 1. The molecule has 5 rings (SSSR count). The van der Waals surface area contributed by atoms with Crippen molar-refractivity contribution in [2.45, 2.75) is 31.5 Å². The molecule has 1 unspecified atom stereocenters. The van der Waals surface area contributed by atoms with Gasteiger partial charge < -0.3 is 10.1 Å². The summed E-state index contributed by atoms with van der Waals surface area (Å²) in [4.78, 5) is 19.8. The zero-order valence-electron chi connectivity index (χ0n) is 23.7. The highest BCUT2D eigenvalue weighted by Crippen LogP contribution is 2.26. The number of benzene rings is 3. The molecule has 3 aromatic carbocycles. The highest BCUT2D eigenvalue weighted by Gasteiger charge is 2.29. The second-order valence-corrected chi connectivity index (χ2v) is 13.0. The number of hydrogen-bond acceptors (Lipinski definition) is 8. The Morgan fingerprint density at radius 2 is 1.70 bits per heavy atom. The highest BCUT2D eigenvalue weighted by atomic mass is 35.5. The number of aromatic nitrogens is 1. The van der Waals surface area contributed by atoms with Gasteiger partial charge in [0.05, 0.1) is 11.9 Å². The van der Waals surface area contributed by atoms with Gasteiger partial charge in [0, 0.05) is 35.9 Å². The number of amides is 1. The molecule has 14 heteroatoms. The van der Waals surface area contributed by atoms with Crippen LogP contribution in [0.5, 0.6) is 11.5 Å². The number of halogens is 3. The van der Waals surface area contributed by atoms with Crippen molar-refractivity contribution in [1.82, 2.24) is 15.2 Å². The maximum atomic E-state index is 14.2. The molecule has 0 saturated carbocycles. The Bertz CT molecular complexity index is 1640. The number of likely N-dealkylation sites (tertiary alicyclic amines) is 1. The Kier molecular flexibility index (Phi) is 11.3. The molecule has 0 radical (unpaired) electrons. The van der Waals surface area contributed by atoms with Gasteiger partial charge in [-0.15, -0.1) is 23.7 Å². The predicted octanol–water partition coefficient (Wildman–Crippen LogP) is 5.94. The maximum Gasteiger partial charge on any atom is 0.248 e. The van der Waals surface area contributed by atoms with E-state index in [-0.39, 0.29) is 24.1 Å². The summed E-state index contributed by atoms with van der Waals surface area (Å²) in [6, 6.07) is 16.8. The van der Waals surface area contributed by atoms with Crippen LogP contribution in [0.1, 0.15) is 29.5 Å². The average molecular weight is 664 g/mol. The fourth-order valence-corrected chi connectivity index (χ4v) is 6.05. The summed E-state index contributed by atoms with van der Waals surface area (Å²) >= 11 is 1.34. The quantitative estimate of drug-likeness (QED) is 0.182. The smallest absolute Gasteiger partial charge is 0.248 e. The van der Waals surface area contributed by atoms with Crippen LogP contribution in [0.25, 0.3) is 0 Å². The van der Waals surface area contributed by atoms with Crippen LogP contribution >= 0.6 is 23.7 Å². The minimum absolute atomic E-state index is 0. The van der Waals surface area contributed by atoms with Crippen molar-refractivity contribution in [3.8, 4) is 11.5 Å². The predicted molar refractivity (Wildman–Crippen MR) is 170 cm³/mol. The van der Waals surface area contributed by atoms with Crippen LogP contribution in [-0.4, -0.2) is 49.6 Å². The largest absolute Gasteiger partial charge is 0.457 e. The highest BCUT2D eigenvalue weighted by molar-refractivity contribution is 7.92. The van der Waals surface area contributed by atoms with Crippen molar-refractivity contribution in [2.75, 3.05) is 29.4 Å². The number of sulfonamides is 1. The van der Waals surface area contributed by atoms with Gasteiger partial charge >= 0.3 is 0 Å². The molecule has 1 fully saturated rings. The number of nitrogens with one attached hydrogen (secondary N) is 3. The van der Waals surface area contributed by atoms with Crippen LogP contribution in [0, 0.1) is 11.6 Å². The molecule has 0 aliphatic carbocycles. The molecule has 4 aromatic rings. The summed E-state index contributed by atoms with van der Waals surface area (Å²) in [5.41, 5.74) is 1.51. The maximum absolute atomic E-state index is 14.2. The van der Waals surface area contributed by atoms with Gasteiger partial charge in [-0.3, -0.25) is 19.7 Å². The summed E-state index contributed by atoms with van der Waals surface area (Å²) in [5.74, 6) is -0.741. The van der Waals surface area contributed by atoms with Gasteiger partial charge in [0.1, 0.15) is 34.2 Å². The number of ether oxygens (including phenoxy) is 1. The van der Waals surface area contributed by atoms with Gasteiger partial charge in [-0.25, -0.2) is 22.2 Å². The van der Waals surface area contributed by atoms with E-state index in [9.17, 15) is 22.0 Å². The third kappa shape index (κ3) is 9.44. The van der Waals surface area contributed by atoms with Crippen LogP contribution in [0.3, 0.4) is 0 Å². The Labute approximate surface area is 265 Å². The average Bonchev–Trinajstić information content (AvgIpc) is 3.50. The van der Waals surface area contributed by atoms with Gasteiger partial charge in [-0.05, 0) is 80.0 Å². The monoisotopic (exact) mass is 663 g/mol. The van der Waals surface area contributed by atoms with Crippen LogP contribution in [-0.2, 0) is 21.4 Å². The van der Waals surface area contributed by atoms with Crippen molar-refractivity contribution in [3.63, 3.8) is 0 Å². The van der Waals surface area contributed by atoms with Gasteiger partial charge in [-0.1, -0.05) is 12.1 Å². The van der Waals surface area contributed by atoms with E-state index in [0.29, 0.717) is 22.2 Å². The molecular weight excluding hydrogens is 632 g/mol. The minimum atomic E-state index is -3.34. The van der Waals surface area contributed by atoms with Crippen LogP contribution in [0.4, 0.5) is 20.2 Å². The first-order valence-corrected chi connectivity index (χ1v) is 16.4. The Morgan fingerprint density at radius 3 is 2.30 bits per heavy atom. The third-order valence-electron chi connectivity index (χ3n) is 6.86. The number of rotatable bonds is 11. The van der Waals surface area contributed by atoms with Gasteiger partial charge in [0.2, 0.25) is 15.9 Å². The Hall–Kier alpha value is -3.62. The van der Waals surface area contributed by atoms with E-state index in [1.807, 2.05) is 24.3 Å². The lowest BCUT2D eigenvalue weighted by Gasteiger charge is -2.34. The molecule has 1 aliphatic heterocycles. The number of carbonyl (C=O) groups is 1. The van der Waals surface area contributed by atoms with E-state index in [1.54, 1.807) is 35.8 Å². The van der Waals surface area contributed by atoms with Gasteiger partial charge in [0.15, 0.2) is 0 Å². The summed E-state index contributed by atoms with van der Waals surface area (Å²) in [7, 11) is -3.34. The van der Waals surface area contributed by atoms with E-state index in [0.717, 1.165) is 56.4 Å². The third-order valence-corrected chi connectivity index (χ3v) is 8.31. The summed E-state index contributed by atoms with van der Waals surface area (Å²) < 4.78 is 58.5. The first-order valence-electron chi connectivity index (χ1n) is 13.6. The van der Waals surface area contributed by atoms with Gasteiger partial charge in [-0.2, -0.15) is 0 Å². The molecule has 2 heterocycles. The molecule has 0 bridgehead atoms. The van der Waals surface area contributed by atoms with Crippen LogP contribution in [0.2, 0.25) is 0 Å². The molecule has 1 aromatic heterocycles. The minimum Gasteiger partial charge on any atom is -0.457 e. The Balaban J connectivity index is 0.00000442. The van der Waals surface area contributed by atoms with Crippen molar-refractivity contribution in [3.05, 3.63) is 101 Å². The van der Waals surface area contributed by atoms with E-state index in [1.165, 1.54) is 17.4 Å². The fourth-order valence-electron chi connectivity index (χ4n) is 4.79. The molecule has 9 nitrogen and oxygen atoms in total. The lowest BCUT2D eigenvalue weighted by atomic mass is 10.0. The summed E-state index contributed by atoms with van der Waals surface area (Å²) in [6.45, 7) is 2.41. The van der Waals surface area contributed by atoms with E-state index < -0.39 is 33.6 Å². The first-order chi connectivity index (χ1) is 20.6. The number of piperidine rings is 1. The summed E-state index contributed by atoms with van der Waals surface area (Å²) in [5, 5.41) is 8.32. The standard InChI is InChI=1S/C30H31F2N5O4S2.ClH/c1-43(39,40)36-23-5-9-25(10-6-23)41-24-7-2-20(3-8-24)19-37-15-12-22(13-16-37)34-28(30-33-14-17-42-30)29(38)35-27-11-4-21(31)18-26(27)32;/h2-11,14,17-18,22,28,34,36H,12-13,15-16,19H2,1H3,(H,35,38);1H. The first kappa shape index (κ1) is 33.3. The number of anilines is 2. The molecule has 0 spiro atoms. The second kappa shape index (κ2) is 14.9. The molecule has 1 saturated heterocycles. The number of hydrogen-bond donors (Lipinski definition) is 3. The molecule has 3 N–H and O–H groups in total. The van der Waals surface area contributed by atoms with Gasteiger partial charge in [0.25, 0.3) is 0 Å². The van der Waals surface area contributed by atoms with E-state index in [4.69, 9.17) is 4.74 Å². The molecule has 1 aliphatic rings. The summed E-state index contributed by atoms with van der Waals surface area (Å²) in [6.07, 6.45) is 4.34. The SMILES string of the molecule is CS(=O)(=O)Nc1ccc(Oc2ccc(CN3CCC(NC(C(=O)Nc4ccc(F)cc4F)c4nccs4)CC3)cc2)cc1.Cl. The van der Waals surface area contributed by atoms with E-state index >= 15 is 0 Å². The lowest BCUT2D eigenvalue weighted by Crippen LogP contribution is -2.46. The molecular formula is C30H32ClF2N5O4S2. The Morgan fingerprint density at radius 1 is 1.05 bits per heavy atom. The molecule has 44 heavy (non-hydrogen) atoms. The molecule has 234 valence electrons. The molecule has 1 atom stereocenters. The second-order valence-electron chi connectivity index (χ2n) is 10.3. The van der Waals surface area contributed by atoms with Crippen LogP contribution in [0.15, 0.2) is 78.3 Å². The lowest BCUT2D eigenvalue weighted by molar-refractivity contribution is -0.118.